The number of nitrogens with zero attached hydrogens (tertiary/aromatic N) is 2. The quantitative estimate of drug-likeness (QED) is 0.713. The van der Waals surface area contributed by atoms with Crippen LogP contribution in [-0.2, 0) is 12.8 Å². The smallest absolute Gasteiger partial charge is 0.0640 e. The van der Waals surface area contributed by atoms with E-state index in [1.807, 2.05) is 0 Å². The molecule has 1 rings (SSSR count). The zero-order valence-electron chi connectivity index (χ0n) is 13.2. The Kier molecular flexibility index (Phi) is 7.12. The van der Waals surface area contributed by atoms with Crippen LogP contribution in [0.25, 0.3) is 0 Å². The molecule has 0 saturated heterocycles. The molecule has 0 bridgehead atoms. The first-order valence-electron chi connectivity index (χ1n) is 7.56. The van der Waals surface area contributed by atoms with Gasteiger partial charge in [0.15, 0.2) is 0 Å². The number of hydrogen-bond acceptors (Lipinski definition) is 4. The fraction of sp³-hybridized carbons (Fsp3) is 0.529. The van der Waals surface area contributed by atoms with Gasteiger partial charge in [-0.25, -0.2) is 0 Å². The van der Waals surface area contributed by atoms with Gasteiger partial charge < -0.3 is 10.6 Å². The second kappa shape index (κ2) is 8.87. The molecule has 4 nitrogen and oxygen atoms in total. The highest BCUT2D eigenvalue weighted by Crippen LogP contribution is 2.32. The van der Waals surface area contributed by atoms with Gasteiger partial charge in [0, 0.05) is 24.5 Å². The molecule has 0 spiro atoms. The average Bonchev–Trinajstić information content (AvgIpc) is 2.50. The van der Waals surface area contributed by atoms with E-state index in [-0.39, 0.29) is 0 Å². The molecule has 112 valence electrons. The van der Waals surface area contributed by atoms with Gasteiger partial charge in [-0.15, -0.1) is 0 Å². The lowest BCUT2D eigenvalue weighted by Gasteiger charge is -2.21. The Labute approximate surface area is 127 Å². The van der Waals surface area contributed by atoms with E-state index >= 15 is 0 Å². The Hall–Kier alpha value is -2.20. The Morgan fingerprint density at radius 1 is 0.905 bits per heavy atom. The molecule has 0 aliphatic heterocycles. The highest BCUT2D eigenvalue weighted by molar-refractivity contribution is 5.72. The van der Waals surface area contributed by atoms with Gasteiger partial charge in [0.05, 0.1) is 25.0 Å². The predicted octanol–water partition coefficient (Wildman–Crippen LogP) is 3.77. The second-order valence-electron chi connectivity index (χ2n) is 4.95. The molecule has 0 aliphatic carbocycles. The number of rotatable bonds is 8. The fourth-order valence-electron chi connectivity index (χ4n) is 2.50. The molecule has 0 radical (unpaired) electrons. The summed E-state index contributed by atoms with van der Waals surface area (Å²) >= 11 is 0. The average molecular weight is 284 g/mol. The van der Waals surface area contributed by atoms with E-state index in [0.29, 0.717) is 25.9 Å². The second-order valence-corrected chi connectivity index (χ2v) is 4.95. The third-order valence-corrected chi connectivity index (χ3v) is 3.58. The number of nitriles is 2. The highest BCUT2D eigenvalue weighted by atomic mass is 14.9. The molecule has 0 aromatic heterocycles. The Bertz CT molecular complexity index is 503. The summed E-state index contributed by atoms with van der Waals surface area (Å²) in [5, 5.41) is 24.2. The number of nitrogens with one attached hydrogen (secondary N) is 2. The summed E-state index contributed by atoms with van der Waals surface area (Å²) in [6.45, 7) is 7.71. The zero-order chi connectivity index (χ0) is 15.7. The third kappa shape index (κ3) is 4.39. The predicted molar refractivity (Wildman–Crippen MR) is 87.4 cm³/mol. The molecule has 0 amide bonds. The molecule has 2 N–H and O–H groups in total. The standard InChI is InChI=1S/C17H24N4/c1-4-14-12-15(5-2)17(21-11-7-9-19)13(3)16(14)20-10-6-8-18/h12,20-21H,4-7,10-11H2,1-3H3. The first-order chi connectivity index (χ1) is 10.2. The lowest BCUT2D eigenvalue weighted by Crippen LogP contribution is -2.11. The highest BCUT2D eigenvalue weighted by Gasteiger charge is 2.13. The summed E-state index contributed by atoms with van der Waals surface area (Å²) in [5.74, 6) is 0. The van der Waals surface area contributed by atoms with E-state index in [0.717, 1.165) is 24.2 Å². The van der Waals surface area contributed by atoms with Crippen LogP contribution in [0, 0.1) is 29.6 Å². The molecule has 21 heavy (non-hydrogen) atoms. The minimum absolute atomic E-state index is 0.495. The van der Waals surface area contributed by atoms with Gasteiger partial charge in [-0.1, -0.05) is 19.9 Å². The molecular weight excluding hydrogens is 260 g/mol. The zero-order valence-corrected chi connectivity index (χ0v) is 13.2. The lowest BCUT2D eigenvalue weighted by molar-refractivity contribution is 1.01. The number of anilines is 2. The molecule has 0 unspecified atom stereocenters. The molecule has 0 heterocycles. The van der Waals surface area contributed by atoms with E-state index in [4.69, 9.17) is 10.5 Å². The Balaban J connectivity index is 3.13. The number of benzene rings is 1. The van der Waals surface area contributed by atoms with E-state index in [2.05, 4.69) is 49.6 Å². The topological polar surface area (TPSA) is 71.6 Å². The fourth-order valence-corrected chi connectivity index (χ4v) is 2.50. The van der Waals surface area contributed by atoms with E-state index < -0.39 is 0 Å². The van der Waals surface area contributed by atoms with Crippen molar-refractivity contribution < 1.29 is 0 Å². The first kappa shape index (κ1) is 16.9. The lowest BCUT2D eigenvalue weighted by atomic mass is 9.97. The van der Waals surface area contributed by atoms with Crippen molar-refractivity contribution in [3.8, 4) is 12.1 Å². The maximum atomic E-state index is 8.69. The molecule has 0 aliphatic rings. The van der Waals surface area contributed by atoms with Gasteiger partial charge in [0.2, 0.25) is 0 Å². The monoisotopic (exact) mass is 284 g/mol. The molecule has 1 aromatic rings. The first-order valence-corrected chi connectivity index (χ1v) is 7.56. The minimum atomic E-state index is 0.495. The van der Waals surface area contributed by atoms with Crippen molar-refractivity contribution in [2.24, 2.45) is 0 Å². The Morgan fingerprint density at radius 2 is 1.33 bits per heavy atom. The van der Waals surface area contributed by atoms with Crippen molar-refractivity contribution in [1.82, 2.24) is 0 Å². The van der Waals surface area contributed by atoms with Crippen molar-refractivity contribution in [3.63, 3.8) is 0 Å². The molecule has 4 heteroatoms. The molecule has 1 aromatic carbocycles. The van der Waals surface area contributed by atoms with Crippen molar-refractivity contribution in [3.05, 3.63) is 22.8 Å². The molecule has 0 saturated carbocycles. The van der Waals surface area contributed by atoms with Crippen molar-refractivity contribution >= 4 is 11.4 Å². The van der Waals surface area contributed by atoms with Crippen LogP contribution in [0.1, 0.15) is 43.4 Å². The van der Waals surface area contributed by atoms with Gasteiger partial charge in [-0.05, 0) is 36.5 Å². The van der Waals surface area contributed by atoms with Crippen LogP contribution in [0.3, 0.4) is 0 Å². The normalized spacial score (nSPS) is 9.76. The number of aryl methyl sites for hydroxylation is 2. The van der Waals surface area contributed by atoms with Crippen LogP contribution in [0.15, 0.2) is 6.07 Å². The van der Waals surface area contributed by atoms with Crippen LogP contribution in [-0.4, -0.2) is 13.1 Å². The van der Waals surface area contributed by atoms with E-state index in [9.17, 15) is 0 Å². The summed E-state index contributed by atoms with van der Waals surface area (Å²) in [6, 6.07) is 6.55. The largest absolute Gasteiger partial charge is 0.384 e. The maximum Gasteiger partial charge on any atom is 0.0640 e. The summed E-state index contributed by atoms with van der Waals surface area (Å²) in [5.41, 5.74) is 6.01. The molecule has 0 atom stereocenters. The SMILES string of the molecule is CCc1cc(CC)c(NCCC#N)c(C)c1NCCC#N. The number of hydrogen-bond donors (Lipinski definition) is 2. The van der Waals surface area contributed by atoms with Gasteiger partial charge in [0.1, 0.15) is 0 Å². The van der Waals surface area contributed by atoms with Crippen LogP contribution in [0.2, 0.25) is 0 Å². The molecule has 0 fully saturated rings. The van der Waals surface area contributed by atoms with Crippen LogP contribution in [0.5, 0.6) is 0 Å². The summed E-state index contributed by atoms with van der Waals surface area (Å²) < 4.78 is 0. The summed E-state index contributed by atoms with van der Waals surface area (Å²) in [7, 11) is 0. The van der Waals surface area contributed by atoms with Gasteiger partial charge >= 0.3 is 0 Å². The van der Waals surface area contributed by atoms with Crippen molar-refractivity contribution in [2.75, 3.05) is 23.7 Å². The molecular formula is C17H24N4. The summed E-state index contributed by atoms with van der Waals surface area (Å²) in [4.78, 5) is 0. The van der Waals surface area contributed by atoms with Crippen LogP contribution in [0.4, 0.5) is 11.4 Å². The van der Waals surface area contributed by atoms with Crippen molar-refractivity contribution in [1.29, 1.82) is 10.5 Å². The minimum Gasteiger partial charge on any atom is -0.384 e. The van der Waals surface area contributed by atoms with Gasteiger partial charge in [-0.2, -0.15) is 10.5 Å². The van der Waals surface area contributed by atoms with Crippen LogP contribution < -0.4 is 10.6 Å². The van der Waals surface area contributed by atoms with E-state index in [1.165, 1.54) is 16.7 Å². The van der Waals surface area contributed by atoms with Gasteiger partial charge in [0.25, 0.3) is 0 Å². The van der Waals surface area contributed by atoms with Gasteiger partial charge in [-0.3, -0.25) is 0 Å². The van der Waals surface area contributed by atoms with Crippen LogP contribution >= 0.6 is 0 Å². The third-order valence-electron chi connectivity index (χ3n) is 3.58. The summed E-state index contributed by atoms with van der Waals surface area (Å²) in [6.07, 6.45) is 2.91. The maximum absolute atomic E-state index is 8.69. The Morgan fingerprint density at radius 3 is 1.67 bits per heavy atom. The van der Waals surface area contributed by atoms with E-state index in [1.54, 1.807) is 0 Å². The van der Waals surface area contributed by atoms with Crippen molar-refractivity contribution in [2.45, 2.75) is 46.5 Å².